The van der Waals surface area contributed by atoms with E-state index in [9.17, 15) is 8.42 Å². The Balaban J connectivity index is 2.16. The minimum Gasteiger partial charge on any atom is -0.320 e. The van der Waals surface area contributed by atoms with Gasteiger partial charge < -0.3 is 5.73 Å². The first-order valence-electron chi connectivity index (χ1n) is 5.60. The number of rotatable bonds is 4. The van der Waals surface area contributed by atoms with Crippen LogP contribution in [0.1, 0.15) is 11.4 Å². The fourth-order valence-electron chi connectivity index (χ4n) is 1.35. The maximum Gasteiger partial charge on any atom is 0.242 e. The van der Waals surface area contributed by atoms with Crippen molar-refractivity contribution in [2.45, 2.75) is 11.4 Å². The van der Waals surface area contributed by atoms with Gasteiger partial charge in [0.2, 0.25) is 10.0 Å². The molecule has 0 aliphatic carbocycles. The number of hydrogen-bond acceptors (Lipinski definition) is 6. The molecule has 9 heteroatoms. The molecule has 0 unspecified atom stereocenters. The van der Waals surface area contributed by atoms with Crippen molar-refractivity contribution in [2.24, 2.45) is 5.73 Å². The average Bonchev–Trinajstić information content (AvgIpc) is 2.97. The lowest BCUT2D eigenvalue weighted by Crippen LogP contribution is -2.24. The molecule has 0 aliphatic rings. The zero-order valence-corrected chi connectivity index (χ0v) is 11.2. The Kier molecular flexibility index (Phi) is 4.41. The van der Waals surface area contributed by atoms with Crippen LogP contribution in [0.5, 0.6) is 0 Å². The van der Waals surface area contributed by atoms with Crippen LogP contribution < -0.4 is 10.5 Å². The monoisotopic (exact) mass is 292 g/mol. The number of pyridine rings is 1. The van der Waals surface area contributed by atoms with Gasteiger partial charge in [0.25, 0.3) is 0 Å². The van der Waals surface area contributed by atoms with E-state index in [-0.39, 0.29) is 18.0 Å². The van der Waals surface area contributed by atoms with Crippen molar-refractivity contribution in [3.63, 3.8) is 0 Å². The van der Waals surface area contributed by atoms with E-state index in [1.165, 1.54) is 24.8 Å². The summed E-state index contributed by atoms with van der Waals surface area (Å²) in [5, 5.41) is 6.19. The number of hydrogen-bond donors (Lipinski definition) is 3. The second-order valence-electron chi connectivity index (χ2n) is 3.67. The summed E-state index contributed by atoms with van der Waals surface area (Å²) in [6.07, 6.45) is 4.02. The summed E-state index contributed by atoms with van der Waals surface area (Å²) in [5.41, 5.74) is 5.75. The van der Waals surface area contributed by atoms with Crippen LogP contribution in [0, 0.1) is 11.8 Å². The molecule has 0 bridgehead atoms. The molecule has 20 heavy (non-hydrogen) atoms. The molecule has 0 aromatic carbocycles. The lowest BCUT2D eigenvalue weighted by atomic mass is 10.3. The second-order valence-corrected chi connectivity index (χ2v) is 5.44. The number of nitrogens with zero attached hydrogens (tertiary/aromatic N) is 3. The van der Waals surface area contributed by atoms with E-state index in [1.807, 2.05) is 0 Å². The van der Waals surface area contributed by atoms with Crippen LogP contribution in [0.4, 0.5) is 0 Å². The summed E-state index contributed by atoms with van der Waals surface area (Å²) >= 11 is 0. The molecule has 2 rings (SSSR count). The molecule has 0 amide bonds. The normalized spacial score (nSPS) is 10.8. The molecule has 2 aromatic rings. The molecule has 0 spiro atoms. The molecule has 0 fully saturated rings. The fraction of sp³-hybridized carbons (Fsp3) is 0.182. The van der Waals surface area contributed by atoms with E-state index in [0.29, 0.717) is 11.4 Å². The standard InChI is InChI=1S/C11H12N6O2S/c12-3-1-2-9-4-10(6-13-5-9)20(18,19)16-7-11-14-8-15-17-11/h4-6,8,16H,3,7,12H2,(H,14,15,17). The molecule has 0 atom stereocenters. The van der Waals surface area contributed by atoms with Gasteiger partial charge in [-0.1, -0.05) is 11.8 Å². The van der Waals surface area contributed by atoms with Crippen LogP contribution in [0.3, 0.4) is 0 Å². The van der Waals surface area contributed by atoms with Crippen molar-refractivity contribution in [2.75, 3.05) is 6.54 Å². The maximum absolute atomic E-state index is 12.1. The van der Waals surface area contributed by atoms with Crippen molar-refractivity contribution >= 4 is 10.0 Å². The van der Waals surface area contributed by atoms with E-state index in [1.54, 1.807) is 0 Å². The second kappa shape index (κ2) is 6.25. The van der Waals surface area contributed by atoms with Gasteiger partial charge in [-0.25, -0.2) is 18.1 Å². The molecular formula is C11H12N6O2S. The molecule has 4 N–H and O–H groups in total. The smallest absolute Gasteiger partial charge is 0.242 e. The third kappa shape index (κ3) is 3.61. The number of sulfonamides is 1. The highest BCUT2D eigenvalue weighted by atomic mass is 32.2. The Morgan fingerprint density at radius 1 is 1.40 bits per heavy atom. The SMILES string of the molecule is NCC#Cc1cncc(S(=O)(=O)NCc2ncn[nH]2)c1. The zero-order chi connectivity index (χ0) is 14.4. The number of nitrogens with two attached hydrogens (primary N) is 1. The average molecular weight is 292 g/mol. The van der Waals surface area contributed by atoms with Crippen molar-refractivity contribution in [3.05, 3.63) is 36.2 Å². The Bertz CT molecular complexity index is 730. The number of aromatic nitrogens is 4. The Morgan fingerprint density at radius 3 is 2.95 bits per heavy atom. The first-order valence-corrected chi connectivity index (χ1v) is 7.08. The van der Waals surface area contributed by atoms with Crippen LogP contribution in [0.25, 0.3) is 0 Å². The van der Waals surface area contributed by atoms with E-state index in [0.717, 1.165) is 0 Å². The van der Waals surface area contributed by atoms with Crippen molar-refractivity contribution in [1.29, 1.82) is 0 Å². The van der Waals surface area contributed by atoms with Crippen molar-refractivity contribution in [3.8, 4) is 11.8 Å². The van der Waals surface area contributed by atoms with Crippen LogP contribution in [-0.4, -0.2) is 35.1 Å². The third-order valence-corrected chi connectivity index (χ3v) is 3.62. The Morgan fingerprint density at radius 2 is 2.25 bits per heavy atom. The highest BCUT2D eigenvalue weighted by molar-refractivity contribution is 7.89. The van der Waals surface area contributed by atoms with Gasteiger partial charge >= 0.3 is 0 Å². The van der Waals surface area contributed by atoms with E-state index in [2.05, 4.69) is 36.7 Å². The highest BCUT2D eigenvalue weighted by Gasteiger charge is 2.15. The molecule has 0 radical (unpaired) electrons. The van der Waals surface area contributed by atoms with Crippen LogP contribution in [-0.2, 0) is 16.6 Å². The van der Waals surface area contributed by atoms with Crippen LogP contribution >= 0.6 is 0 Å². The fourth-order valence-corrected chi connectivity index (χ4v) is 2.33. The van der Waals surface area contributed by atoms with Gasteiger partial charge in [-0.2, -0.15) is 5.10 Å². The quantitative estimate of drug-likeness (QED) is 0.620. The van der Waals surface area contributed by atoms with E-state index in [4.69, 9.17) is 5.73 Å². The Hall–Kier alpha value is -2.28. The lowest BCUT2D eigenvalue weighted by Gasteiger charge is -2.04. The van der Waals surface area contributed by atoms with E-state index >= 15 is 0 Å². The number of H-pyrrole nitrogens is 1. The van der Waals surface area contributed by atoms with Crippen LogP contribution in [0.2, 0.25) is 0 Å². The highest BCUT2D eigenvalue weighted by Crippen LogP contribution is 2.09. The van der Waals surface area contributed by atoms with Crippen molar-refractivity contribution in [1.82, 2.24) is 24.9 Å². The third-order valence-electron chi connectivity index (χ3n) is 2.25. The summed E-state index contributed by atoms with van der Waals surface area (Å²) in [4.78, 5) is 7.70. The molecular weight excluding hydrogens is 280 g/mol. The largest absolute Gasteiger partial charge is 0.320 e. The molecule has 0 saturated carbocycles. The summed E-state index contributed by atoms with van der Waals surface area (Å²) in [7, 11) is -3.68. The van der Waals surface area contributed by atoms with E-state index < -0.39 is 10.0 Å². The molecule has 8 nitrogen and oxygen atoms in total. The summed E-state index contributed by atoms with van der Waals surface area (Å²) in [6.45, 7) is 0.210. The van der Waals surface area contributed by atoms with Crippen LogP contribution in [0.15, 0.2) is 29.7 Å². The summed E-state index contributed by atoms with van der Waals surface area (Å²) in [5.74, 6) is 5.78. The van der Waals surface area contributed by atoms with Gasteiger partial charge in [0.15, 0.2) is 0 Å². The Labute approximate surface area is 115 Å². The zero-order valence-electron chi connectivity index (χ0n) is 10.4. The van der Waals surface area contributed by atoms with Gasteiger partial charge in [0.1, 0.15) is 17.0 Å². The first kappa shape index (κ1) is 14.1. The molecule has 0 saturated heterocycles. The molecule has 2 heterocycles. The first-order chi connectivity index (χ1) is 9.62. The van der Waals surface area contributed by atoms with Crippen molar-refractivity contribution < 1.29 is 8.42 Å². The topological polar surface area (TPSA) is 127 Å². The van der Waals surface area contributed by atoms with Gasteiger partial charge in [-0.05, 0) is 6.07 Å². The number of nitrogens with one attached hydrogen (secondary N) is 2. The van der Waals surface area contributed by atoms with Gasteiger partial charge in [0.05, 0.1) is 13.1 Å². The minimum absolute atomic E-state index is 0.0149. The lowest BCUT2D eigenvalue weighted by molar-refractivity contribution is 0.579. The molecule has 104 valence electrons. The maximum atomic E-state index is 12.1. The number of aromatic amines is 1. The predicted molar refractivity (Wildman–Crippen MR) is 70.6 cm³/mol. The summed E-state index contributed by atoms with van der Waals surface area (Å²) in [6, 6.07) is 1.43. The molecule has 2 aromatic heterocycles. The predicted octanol–water partition coefficient (Wildman–Crippen LogP) is -1.01. The van der Waals surface area contributed by atoms with Gasteiger partial charge in [-0.3, -0.25) is 10.1 Å². The summed E-state index contributed by atoms with van der Waals surface area (Å²) < 4.78 is 26.5. The minimum atomic E-state index is -3.68. The van der Waals surface area contributed by atoms with Gasteiger partial charge in [-0.15, -0.1) is 0 Å². The van der Waals surface area contributed by atoms with Gasteiger partial charge in [0, 0.05) is 18.0 Å². The molecule has 0 aliphatic heterocycles.